The highest BCUT2D eigenvalue weighted by atomic mass is 16.6. The summed E-state index contributed by atoms with van der Waals surface area (Å²) in [6.45, 7) is 6.31. The van der Waals surface area contributed by atoms with E-state index in [9.17, 15) is 14.9 Å². The molecule has 0 bridgehead atoms. The summed E-state index contributed by atoms with van der Waals surface area (Å²) in [5.41, 5.74) is 7.63. The number of hydrogen-bond donors (Lipinski definition) is 1. The van der Waals surface area contributed by atoms with Gasteiger partial charge >= 0.3 is 11.6 Å². The molecule has 5 aromatic rings. The van der Waals surface area contributed by atoms with Crippen LogP contribution in [0.5, 0.6) is 17.2 Å². The number of aromatic nitrogens is 1. The first-order valence-corrected chi connectivity index (χ1v) is 14.1. The number of nitro groups is 1. The lowest BCUT2D eigenvalue weighted by molar-refractivity contribution is -0.386. The minimum Gasteiger partial charge on any atom is -0.493 e. The van der Waals surface area contributed by atoms with Crippen molar-refractivity contribution in [1.29, 1.82) is 0 Å². The topological polar surface area (TPSA) is 130 Å². The summed E-state index contributed by atoms with van der Waals surface area (Å²) in [5, 5.41) is 15.8. The number of nitrogens with zero attached hydrogens (tertiary/aromatic N) is 3. The molecule has 11 heteroatoms. The molecule has 0 radical (unpaired) electrons. The predicted molar refractivity (Wildman–Crippen MR) is 169 cm³/mol. The molecule has 0 saturated carbocycles. The Bertz CT molecular complexity index is 1840. The van der Waals surface area contributed by atoms with E-state index < -0.39 is 10.8 Å². The van der Waals surface area contributed by atoms with Gasteiger partial charge in [-0.15, -0.1) is 0 Å². The third-order valence-electron chi connectivity index (χ3n) is 6.95. The Morgan fingerprint density at radius 3 is 2.40 bits per heavy atom. The van der Waals surface area contributed by atoms with Gasteiger partial charge in [-0.2, -0.15) is 5.10 Å². The van der Waals surface area contributed by atoms with Crippen molar-refractivity contribution in [3.05, 3.63) is 135 Å². The van der Waals surface area contributed by atoms with Crippen molar-refractivity contribution in [3.63, 3.8) is 0 Å². The first-order chi connectivity index (χ1) is 21.7. The van der Waals surface area contributed by atoms with E-state index in [0.29, 0.717) is 17.1 Å². The predicted octanol–water partition coefficient (Wildman–Crippen LogP) is 6.83. The number of hydrogen-bond acceptors (Lipinski definition) is 8. The molecular formula is C34H32N4O7. The number of rotatable bonds is 12. The molecule has 0 unspecified atom stereocenters. The lowest BCUT2D eigenvalue weighted by Gasteiger charge is -2.12. The van der Waals surface area contributed by atoms with E-state index >= 15 is 0 Å². The van der Waals surface area contributed by atoms with E-state index in [1.807, 2.05) is 55.5 Å². The van der Waals surface area contributed by atoms with Crippen molar-refractivity contribution >= 4 is 17.8 Å². The number of methoxy groups -OCH3 is 1. The molecule has 0 aliphatic rings. The standard InChI is InChI=1S/C34H32N4O7/c1-22-6-5-7-25(16-22)20-44-33-30(38(40)41)17-26(18-32(33)42-4)19-35-36-34(39)31-15-14-29(45-31)21-43-28-12-10-27(11-13-28)37-23(2)8-9-24(37)3/h5-19H,20-21H2,1-4H3,(H,36,39)/b35-19+. The van der Waals surface area contributed by atoms with Crippen molar-refractivity contribution in [2.45, 2.75) is 34.0 Å². The molecule has 3 aromatic carbocycles. The van der Waals surface area contributed by atoms with Crippen LogP contribution < -0.4 is 19.6 Å². The number of carbonyl (C=O) groups is 1. The Hall–Kier alpha value is -5.84. The average Bonchev–Trinajstić information content (AvgIpc) is 3.65. The maximum atomic E-state index is 12.6. The van der Waals surface area contributed by atoms with Crippen molar-refractivity contribution in [2.75, 3.05) is 7.11 Å². The number of furan rings is 1. The number of carbonyl (C=O) groups excluding carboxylic acids is 1. The van der Waals surface area contributed by atoms with Crippen LogP contribution in [0.3, 0.4) is 0 Å². The van der Waals surface area contributed by atoms with E-state index in [1.165, 1.54) is 31.5 Å². The third-order valence-corrected chi connectivity index (χ3v) is 6.95. The van der Waals surface area contributed by atoms with Gasteiger partial charge < -0.3 is 23.2 Å². The lowest BCUT2D eigenvalue weighted by atomic mass is 10.1. The Labute approximate surface area is 259 Å². The summed E-state index contributed by atoms with van der Waals surface area (Å²) in [4.78, 5) is 23.9. The normalized spacial score (nSPS) is 11.0. The van der Waals surface area contributed by atoms with Gasteiger partial charge in [-0.3, -0.25) is 14.9 Å². The maximum Gasteiger partial charge on any atom is 0.315 e. The van der Waals surface area contributed by atoms with E-state index in [0.717, 1.165) is 28.2 Å². The van der Waals surface area contributed by atoms with Crippen molar-refractivity contribution in [2.24, 2.45) is 5.10 Å². The first-order valence-electron chi connectivity index (χ1n) is 14.1. The number of nitro benzene ring substituents is 1. The second kappa shape index (κ2) is 13.6. The Kier molecular flexibility index (Phi) is 9.28. The van der Waals surface area contributed by atoms with E-state index in [2.05, 4.69) is 41.1 Å². The second-order valence-electron chi connectivity index (χ2n) is 10.3. The summed E-state index contributed by atoms with van der Waals surface area (Å²) < 4.78 is 24.8. The van der Waals surface area contributed by atoms with Crippen molar-refractivity contribution in [3.8, 4) is 22.9 Å². The molecule has 1 N–H and O–H groups in total. The molecule has 0 saturated heterocycles. The van der Waals surface area contributed by atoms with Gasteiger partial charge in [0.1, 0.15) is 24.7 Å². The Morgan fingerprint density at radius 2 is 1.71 bits per heavy atom. The van der Waals surface area contributed by atoms with E-state index in [4.69, 9.17) is 18.6 Å². The second-order valence-corrected chi connectivity index (χ2v) is 10.3. The van der Waals surface area contributed by atoms with Gasteiger partial charge in [-0.05, 0) is 80.9 Å². The number of benzene rings is 3. The van der Waals surface area contributed by atoms with Crippen molar-refractivity contribution < 1.29 is 28.3 Å². The third kappa shape index (κ3) is 7.39. The van der Waals surface area contributed by atoms with Crippen LogP contribution in [0.1, 0.15) is 44.4 Å². The highest BCUT2D eigenvalue weighted by Gasteiger charge is 2.22. The van der Waals surface area contributed by atoms with Gasteiger partial charge in [0.05, 0.1) is 18.2 Å². The van der Waals surface area contributed by atoms with Crippen LogP contribution in [0.4, 0.5) is 5.69 Å². The SMILES string of the molecule is COc1cc(/C=N/NC(=O)c2ccc(COc3ccc(-n4c(C)ccc4C)cc3)o2)cc([N+](=O)[O-])c1OCc1cccc(C)c1. The highest BCUT2D eigenvalue weighted by Crippen LogP contribution is 2.38. The fourth-order valence-corrected chi connectivity index (χ4v) is 4.79. The van der Waals surface area contributed by atoms with Crippen LogP contribution in [0.25, 0.3) is 5.69 Å². The van der Waals surface area contributed by atoms with Gasteiger partial charge in [0.2, 0.25) is 5.75 Å². The van der Waals surface area contributed by atoms with Crippen LogP contribution in [-0.4, -0.2) is 28.7 Å². The van der Waals surface area contributed by atoms with Crippen LogP contribution in [0.2, 0.25) is 0 Å². The Balaban J connectivity index is 1.19. The zero-order valence-electron chi connectivity index (χ0n) is 25.3. The Morgan fingerprint density at radius 1 is 0.956 bits per heavy atom. The number of ether oxygens (including phenoxy) is 3. The molecule has 2 heterocycles. The van der Waals surface area contributed by atoms with Gasteiger partial charge in [0, 0.05) is 28.7 Å². The molecule has 230 valence electrons. The van der Waals surface area contributed by atoms with Crippen LogP contribution in [-0.2, 0) is 13.2 Å². The molecule has 0 aliphatic carbocycles. The monoisotopic (exact) mass is 608 g/mol. The molecule has 0 aliphatic heterocycles. The summed E-state index contributed by atoms with van der Waals surface area (Å²) in [5.74, 6) is 0.695. The minimum absolute atomic E-state index is 0.00226. The zero-order valence-corrected chi connectivity index (χ0v) is 25.3. The van der Waals surface area contributed by atoms with Gasteiger partial charge in [-0.1, -0.05) is 29.8 Å². The fourth-order valence-electron chi connectivity index (χ4n) is 4.79. The smallest absolute Gasteiger partial charge is 0.315 e. The van der Waals surface area contributed by atoms with Gasteiger partial charge in [0.25, 0.3) is 0 Å². The molecule has 0 fully saturated rings. The average molecular weight is 609 g/mol. The quantitative estimate of drug-likeness (QED) is 0.0933. The molecule has 5 rings (SSSR count). The number of aryl methyl sites for hydroxylation is 3. The summed E-state index contributed by atoms with van der Waals surface area (Å²) in [7, 11) is 1.39. The largest absolute Gasteiger partial charge is 0.493 e. The summed E-state index contributed by atoms with van der Waals surface area (Å²) >= 11 is 0. The van der Waals surface area contributed by atoms with E-state index in [-0.39, 0.29) is 36.2 Å². The lowest BCUT2D eigenvalue weighted by Crippen LogP contribution is -2.16. The highest BCUT2D eigenvalue weighted by molar-refractivity contribution is 5.92. The number of hydrazone groups is 1. The molecular weight excluding hydrogens is 576 g/mol. The molecule has 11 nitrogen and oxygen atoms in total. The van der Waals surface area contributed by atoms with Gasteiger partial charge in [0.15, 0.2) is 11.5 Å². The summed E-state index contributed by atoms with van der Waals surface area (Å²) in [6, 6.07) is 25.5. The fraction of sp³-hybridized carbons (Fsp3) is 0.176. The summed E-state index contributed by atoms with van der Waals surface area (Å²) in [6.07, 6.45) is 1.27. The molecule has 0 spiro atoms. The van der Waals surface area contributed by atoms with Crippen LogP contribution in [0, 0.1) is 30.9 Å². The zero-order chi connectivity index (χ0) is 31.9. The van der Waals surface area contributed by atoms with Crippen LogP contribution >= 0.6 is 0 Å². The van der Waals surface area contributed by atoms with E-state index in [1.54, 1.807) is 6.07 Å². The number of amides is 1. The molecule has 0 atom stereocenters. The van der Waals surface area contributed by atoms with Crippen molar-refractivity contribution in [1.82, 2.24) is 9.99 Å². The number of nitrogens with one attached hydrogen (secondary N) is 1. The molecule has 45 heavy (non-hydrogen) atoms. The molecule has 1 amide bonds. The maximum absolute atomic E-state index is 12.6. The first kappa shape index (κ1) is 30.6. The molecule has 2 aromatic heterocycles. The van der Waals surface area contributed by atoms with Crippen LogP contribution in [0.15, 0.2) is 94.4 Å². The minimum atomic E-state index is -0.598. The van der Waals surface area contributed by atoms with Gasteiger partial charge in [-0.25, -0.2) is 5.43 Å².